The normalized spacial score (nSPS) is 18.1. The Labute approximate surface area is 126 Å². The van der Waals surface area contributed by atoms with E-state index in [4.69, 9.17) is 4.74 Å². The zero-order chi connectivity index (χ0) is 14.3. The molecule has 0 saturated heterocycles. The molecule has 0 spiro atoms. The highest BCUT2D eigenvalue weighted by Gasteiger charge is 2.31. The van der Waals surface area contributed by atoms with E-state index in [1.54, 1.807) is 4.90 Å². The molecule has 5 heteroatoms. The van der Waals surface area contributed by atoms with Gasteiger partial charge in [-0.3, -0.25) is 4.90 Å². The van der Waals surface area contributed by atoms with E-state index in [-0.39, 0.29) is 12.1 Å². The van der Waals surface area contributed by atoms with Gasteiger partial charge in [-0.1, -0.05) is 15.9 Å². The maximum atomic E-state index is 12.0. The number of fused-ring (bicyclic) bond motifs is 3. The molecule has 1 aliphatic heterocycles. The standard InChI is InChI=1S/C15H17BrN2O2/c1-3-20-15(19)18-7-6-11-12-8-10(16)4-5-13(12)17-14(11)9(18)2/h4-5,8-9,17H,3,6-7H2,1-2H3. The van der Waals surface area contributed by atoms with Gasteiger partial charge in [-0.25, -0.2) is 4.79 Å². The summed E-state index contributed by atoms with van der Waals surface area (Å²) in [5.74, 6) is 0. The number of H-pyrrole nitrogens is 1. The molecule has 1 aromatic carbocycles. The third-order valence-electron chi connectivity index (χ3n) is 3.89. The van der Waals surface area contributed by atoms with Gasteiger partial charge in [0.2, 0.25) is 0 Å². The number of nitrogens with zero attached hydrogens (tertiary/aromatic N) is 1. The van der Waals surface area contributed by atoms with E-state index in [9.17, 15) is 4.79 Å². The Morgan fingerprint density at radius 3 is 3.10 bits per heavy atom. The first-order valence-electron chi connectivity index (χ1n) is 6.85. The van der Waals surface area contributed by atoms with Gasteiger partial charge in [0, 0.05) is 27.6 Å². The zero-order valence-electron chi connectivity index (χ0n) is 11.6. The summed E-state index contributed by atoms with van der Waals surface area (Å²) in [6.07, 6.45) is 0.625. The molecule has 1 N–H and O–H groups in total. The molecule has 4 nitrogen and oxygen atoms in total. The van der Waals surface area contributed by atoms with Gasteiger partial charge < -0.3 is 9.72 Å². The first kappa shape index (κ1) is 13.5. The molecule has 106 valence electrons. The number of carbonyl (C=O) groups is 1. The second-order valence-corrected chi connectivity index (χ2v) is 5.94. The number of rotatable bonds is 1. The Bertz CT molecular complexity index is 665. The molecule has 0 radical (unpaired) electrons. The minimum atomic E-state index is -0.231. The van der Waals surface area contributed by atoms with Gasteiger partial charge in [0.25, 0.3) is 0 Å². The lowest BCUT2D eigenvalue weighted by molar-refractivity contribution is 0.0895. The first-order chi connectivity index (χ1) is 9.61. The molecule has 1 atom stereocenters. The summed E-state index contributed by atoms with van der Waals surface area (Å²) in [6.45, 7) is 4.98. The van der Waals surface area contributed by atoms with Crippen LogP contribution in [0.5, 0.6) is 0 Å². The van der Waals surface area contributed by atoms with Gasteiger partial charge in [-0.2, -0.15) is 0 Å². The van der Waals surface area contributed by atoms with Crippen molar-refractivity contribution in [2.45, 2.75) is 26.3 Å². The van der Waals surface area contributed by atoms with Crippen LogP contribution in [0.3, 0.4) is 0 Å². The van der Waals surface area contributed by atoms with Crippen molar-refractivity contribution in [2.24, 2.45) is 0 Å². The Morgan fingerprint density at radius 1 is 1.55 bits per heavy atom. The van der Waals surface area contributed by atoms with E-state index in [0.29, 0.717) is 13.2 Å². The zero-order valence-corrected chi connectivity index (χ0v) is 13.2. The van der Waals surface area contributed by atoms with Crippen molar-refractivity contribution in [3.05, 3.63) is 33.9 Å². The van der Waals surface area contributed by atoms with E-state index in [1.807, 2.05) is 19.9 Å². The SMILES string of the molecule is CCOC(=O)N1CCc2c([nH]c3ccc(Br)cc23)C1C. The molecule has 1 aromatic heterocycles. The number of halogens is 1. The maximum absolute atomic E-state index is 12.0. The van der Waals surface area contributed by atoms with Crippen LogP contribution in [0.25, 0.3) is 10.9 Å². The molecule has 1 unspecified atom stereocenters. The first-order valence-corrected chi connectivity index (χ1v) is 7.64. The largest absolute Gasteiger partial charge is 0.450 e. The highest BCUT2D eigenvalue weighted by Crippen LogP contribution is 2.35. The molecule has 0 aliphatic carbocycles. The monoisotopic (exact) mass is 336 g/mol. The number of ether oxygens (including phenoxy) is 1. The lowest BCUT2D eigenvalue weighted by Crippen LogP contribution is -2.39. The van der Waals surface area contributed by atoms with Crippen molar-refractivity contribution in [3.8, 4) is 0 Å². The summed E-state index contributed by atoms with van der Waals surface area (Å²) in [5.41, 5.74) is 3.56. The van der Waals surface area contributed by atoms with E-state index in [0.717, 1.165) is 22.1 Å². The van der Waals surface area contributed by atoms with Gasteiger partial charge >= 0.3 is 6.09 Å². The number of amides is 1. The van der Waals surface area contributed by atoms with Gasteiger partial charge in [0.05, 0.1) is 12.6 Å². The molecule has 20 heavy (non-hydrogen) atoms. The molecule has 2 heterocycles. The average molecular weight is 337 g/mol. The molecule has 3 rings (SSSR count). The number of hydrogen-bond donors (Lipinski definition) is 1. The van der Waals surface area contributed by atoms with Crippen molar-refractivity contribution in [1.82, 2.24) is 9.88 Å². The number of aromatic amines is 1. The van der Waals surface area contributed by atoms with Gasteiger partial charge in [0.1, 0.15) is 0 Å². The van der Waals surface area contributed by atoms with Crippen LogP contribution in [-0.2, 0) is 11.2 Å². The predicted octanol–water partition coefficient (Wildman–Crippen LogP) is 4.01. The lowest BCUT2D eigenvalue weighted by Gasteiger charge is -2.32. The van der Waals surface area contributed by atoms with Crippen molar-refractivity contribution in [1.29, 1.82) is 0 Å². The maximum Gasteiger partial charge on any atom is 0.410 e. The fourth-order valence-corrected chi connectivity index (χ4v) is 3.27. The quantitative estimate of drug-likeness (QED) is 0.855. The highest BCUT2D eigenvalue weighted by molar-refractivity contribution is 9.10. The number of carbonyl (C=O) groups excluding carboxylic acids is 1. The van der Waals surface area contributed by atoms with Crippen LogP contribution >= 0.6 is 15.9 Å². The van der Waals surface area contributed by atoms with E-state index in [1.165, 1.54) is 10.9 Å². The summed E-state index contributed by atoms with van der Waals surface area (Å²) in [4.78, 5) is 17.2. The van der Waals surface area contributed by atoms with Crippen molar-refractivity contribution in [2.75, 3.05) is 13.2 Å². The average Bonchev–Trinajstić information content (AvgIpc) is 2.78. The van der Waals surface area contributed by atoms with Crippen LogP contribution in [0.15, 0.2) is 22.7 Å². The third kappa shape index (κ3) is 2.10. The predicted molar refractivity (Wildman–Crippen MR) is 81.8 cm³/mol. The second kappa shape index (κ2) is 5.13. The van der Waals surface area contributed by atoms with Gasteiger partial charge in [-0.15, -0.1) is 0 Å². The van der Waals surface area contributed by atoms with Gasteiger partial charge in [0.15, 0.2) is 0 Å². The van der Waals surface area contributed by atoms with Crippen LogP contribution in [-0.4, -0.2) is 29.1 Å². The molecule has 2 aromatic rings. The molecular formula is C15H17BrN2O2. The third-order valence-corrected chi connectivity index (χ3v) is 4.38. The van der Waals surface area contributed by atoms with Crippen LogP contribution < -0.4 is 0 Å². The van der Waals surface area contributed by atoms with Crippen LogP contribution in [0.2, 0.25) is 0 Å². The Balaban J connectivity index is 2.01. The Morgan fingerprint density at radius 2 is 2.35 bits per heavy atom. The Kier molecular flexibility index (Phi) is 3.46. The topological polar surface area (TPSA) is 45.3 Å². The molecule has 1 amide bonds. The summed E-state index contributed by atoms with van der Waals surface area (Å²) in [7, 11) is 0. The number of nitrogens with one attached hydrogen (secondary N) is 1. The summed E-state index contributed by atoms with van der Waals surface area (Å²) in [6, 6.07) is 6.25. The van der Waals surface area contributed by atoms with Gasteiger partial charge in [-0.05, 0) is 44.0 Å². The second-order valence-electron chi connectivity index (χ2n) is 5.03. The fourth-order valence-electron chi connectivity index (χ4n) is 2.90. The van der Waals surface area contributed by atoms with E-state index in [2.05, 4.69) is 33.0 Å². The number of benzene rings is 1. The number of hydrogen-bond acceptors (Lipinski definition) is 2. The minimum absolute atomic E-state index is 0.0176. The highest BCUT2D eigenvalue weighted by atomic mass is 79.9. The van der Waals surface area contributed by atoms with Crippen LogP contribution in [0.1, 0.15) is 31.1 Å². The Hall–Kier alpha value is -1.49. The van der Waals surface area contributed by atoms with E-state index >= 15 is 0 Å². The van der Waals surface area contributed by atoms with Crippen LogP contribution in [0.4, 0.5) is 4.79 Å². The van der Waals surface area contributed by atoms with Crippen LogP contribution in [0, 0.1) is 0 Å². The summed E-state index contributed by atoms with van der Waals surface area (Å²) >= 11 is 3.52. The minimum Gasteiger partial charge on any atom is -0.450 e. The van der Waals surface area contributed by atoms with Crippen molar-refractivity contribution >= 4 is 32.9 Å². The molecule has 0 fully saturated rings. The number of aromatic nitrogens is 1. The molecular weight excluding hydrogens is 320 g/mol. The molecule has 1 aliphatic rings. The van der Waals surface area contributed by atoms with Crippen molar-refractivity contribution < 1.29 is 9.53 Å². The van der Waals surface area contributed by atoms with Crippen molar-refractivity contribution in [3.63, 3.8) is 0 Å². The molecule has 0 bridgehead atoms. The van der Waals surface area contributed by atoms with E-state index < -0.39 is 0 Å². The smallest absolute Gasteiger partial charge is 0.410 e. The summed E-state index contributed by atoms with van der Waals surface area (Å²) < 4.78 is 6.20. The lowest BCUT2D eigenvalue weighted by atomic mass is 9.99. The molecule has 0 saturated carbocycles. The fraction of sp³-hybridized carbons (Fsp3) is 0.400. The summed E-state index contributed by atoms with van der Waals surface area (Å²) in [5, 5.41) is 1.24.